The van der Waals surface area contributed by atoms with E-state index in [1.165, 1.54) is 16.6 Å². The topological polar surface area (TPSA) is 67.5 Å². The number of carbonyl (C=O) groups is 1. The van der Waals surface area contributed by atoms with Crippen molar-refractivity contribution in [1.29, 1.82) is 0 Å². The summed E-state index contributed by atoms with van der Waals surface area (Å²) in [6.07, 6.45) is 0. The average molecular weight is 333 g/mol. The normalized spacial score (nSPS) is 10.9. The molecule has 25 heavy (non-hydrogen) atoms. The highest BCUT2D eigenvalue weighted by Gasteiger charge is 2.19. The molecule has 122 valence electrons. The van der Waals surface area contributed by atoms with Gasteiger partial charge in [-0.3, -0.25) is 0 Å². The molecule has 0 spiro atoms. The maximum atomic E-state index is 14.1. The van der Waals surface area contributed by atoms with Crippen LogP contribution in [0, 0.1) is 5.82 Å². The van der Waals surface area contributed by atoms with Crippen LogP contribution in [-0.2, 0) is 0 Å². The van der Waals surface area contributed by atoms with Crippen LogP contribution in [0.4, 0.5) is 4.39 Å². The van der Waals surface area contributed by atoms with E-state index in [1.54, 1.807) is 24.3 Å². The van der Waals surface area contributed by atoms with Gasteiger partial charge in [0, 0.05) is 5.56 Å². The number of hydrogen-bond donors (Lipinski definition) is 1. The van der Waals surface area contributed by atoms with Gasteiger partial charge in [-0.25, -0.2) is 18.7 Å². The molecule has 2 aromatic carbocycles. The number of aromatic nitrogens is 3. The second kappa shape index (κ2) is 5.83. The second-order valence-corrected chi connectivity index (χ2v) is 5.45. The maximum Gasteiger partial charge on any atom is 0.339 e. The van der Waals surface area contributed by atoms with Crippen LogP contribution in [0.1, 0.15) is 10.4 Å². The Kier molecular flexibility index (Phi) is 3.50. The monoisotopic (exact) mass is 333 g/mol. The minimum absolute atomic E-state index is 0.00905. The Hall–Kier alpha value is -3.54. The van der Waals surface area contributed by atoms with Crippen LogP contribution < -0.4 is 0 Å². The molecule has 2 heterocycles. The number of fused-ring (bicyclic) bond motifs is 1. The molecule has 0 atom stereocenters. The fraction of sp³-hybridized carbons (Fsp3) is 0. The molecular weight excluding hydrogens is 321 g/mol. The Morgan fingerprint density at radius 3 is 2.40 bits per heavy atom. The Morgan fingerprint density at radius 2 is 1.68 bits per heavy atom. The molecule has 0 fully saturated rings. The summed E-state index contributed by atoms with van der Waals surface area (Å²) >= 11 is 0. The van der Waals surface area contributed by atoms with Crippen LogP contribution in [0.5, 0.6) is 0 Å². The van der Waals surface area contributed by atoms with Crippen molar-refractivity contribution < 1.29 is 14.3 Å². The zero-order valence-corrected chi connectivity index (χ0v) is 12.9. The lowest BCUT2D eigenvalue weighted by Gasteiger charge is -2.05. The number of rotatable bonds is 3. The number of carboxylic acids is 1. The Morgan fingerprint density at radius 1 is 0.960 bits per heavy atom. The van der Waals surface area contributed by atoms with Crippen molar-refractivity contribution in [2.24, 2.45) is 0 Å². The van der Waals surface area contributed by atoms with Gasteiger partial charge in [0.2, 0.25) is 0 Å². The minimum atomic E-state index is -1.11. The van der Waals surface area contributed by atoms with Gasteiger partial charge in [0.1, 0.15) is 11.4 Å². The van der Waals surface area contributed by atoms with E-state index in [-0.39, 0.29) is 22.6 Å². The summed E-state index contributed by atoms with van der Waals surface area (Å²) in [6.45, 7) is 0. The van der Waals surface area contributed by atoms with Gasteiger partial charge in [0.05, 0.1) is 11.3 Å². The highest BCUT2D eigenvalue weighted by atomic mass is 19.1. The highest BCUT2D eigenvalue weighted by molar-refractivity contribution is 5.95. The van der Waals surface area contributed by atoms with Crippen molar-refractivity contribution in [3.63, 3.8) is 0 Å². The van der Waals surface area contributed by atoms with Crippen LogP contribution in [-0.4, -0.2) is 25.7 Å². The number of hydrogen-bond acceptors (Lipinski definition) is 3. The molecule has 4 rings (SSSR count). The van der Waals surface area contributed by atoms with Crippen molar-refractivity contribution in [2.75, 3.05) is 0 Å². The summed E-state index contributed by atoms with van der Waals surface area (Å²) in [5.74, 6) is -1.43. The summed E-state index contributed by atoms with van der Waals surface area (Å²) in [6, 6.07) is 18.7. The first kappa shape index (κ1) is 15.0. The number of nitrogens with zero attached hydrogens (tertiary/aromatic N) is 3. The molecule has 5 nitrogen and oxygen atoms in total. The van der Waals surface area contributed by atoms with Crippen molar-refractivity contribution in [3.05, 3.63) is 78.1 Å². The lowest BCUT2D eigenvalue weighted by Crippen LogP contribution is -2.03. The lowest BCUT2D eigenvalue weighted by molar-refractivity contribution is 0.0698. The van der Waals surface area contributed by atoms with E-state index in [9.17, 15) is 14.3 Å². The molecule has 0 saturated heterocycles. The van der Waals surface area contributed by atoms with Crippen molar-refractivity contribution in [3.8, 4) is 22.6 Å². The van der Waals surface area contributed by atoms with Crippen molar-refractivity contribution in [1.82, 2.24) is 14.6 Å². The van der Waals surface area contributed by atoms with Crippen LogP contribution in [0.3, 0.4) is 0 Å². The fourth-order valence-corrected chi connectivity index (χ4v) is 2.71. The predicted molar refractivity (Wildman–Crippen MR) is 90.8 cm³/mol. The summed E-state index contributed by atoms with van der Waals surface area (Å²) in [4.78, 5) is 15.8. The zero-order valence-electron chi connectivity index (χ0n) is 12.9. The molecule has 0 aliphatic carbocycles. The number of carboxylic acid groups (broad SMARTS) is 1. The van der Waals surface area contributed by atoms with Gasteiger partial charge < -0.3 is 5.11 Å². The van der Waals surface area contributed by atoms with E-state index in [0.717, 1.165) is 5.56 Å². The molecule has 0 aliphatic rings. The summed E-state index contributed by atoms with van der Waals surface area (Å²) < 4.78 is 15.5. The predicted octanol–water partition coefficient (Wildman–Crippen LogP) is 3.90. The molecule has 1 N–H and O–H groups in total. The zero-order chi connectivity index (χ0) is 17.4. The first-order valence-electron chi connectivity index (χ1n) is 7.58. The van der Waals surface area contributed by atoms with Gasteiger partial charge in [-0.1, -0.05) is 42.5 Å². The first-order valence-corrected chi connectivity index (χ1v) is 7.58. The molecule has 0 radical (unpaired) electrons. The second-order valence-electron chi connectivity index (χ2n) is 5.45. The number of pyridine rings is 1. The third-order valence-electron chi connectivity index (χ3n) is 3.90. The molecule has 0 aliphatic heterocycles. The quantitative estimate of drug-likeness (QED) is 0.617. The van der Waals surface area contributed by atoms with E-state index >= 15 is 0 Å². The minimum Gasteiger partial charge on any atom is -0.478 e. The molecule has 0 unspecified atom stereocenters. The van der Waals surface area contributed by atoms with Crippen LogP contribution in [0.2, 0.25) is 0 Å². The SMILES string of the molecule is O=C(O)c1ccc(-c2ccccc2)n2nc(-c3ccccc3F)nc12. The standard InChI is InChI=1S/C19H12FN3O2/c20-15-9-5-4-8-13(15)17-21-18-14(19(24)25)10-11-16(23(18)22-17)12-6-2-1-3-7-12/h1-11H,(H,24,25). The van der Waals surface area contributed by atoms with Crippen molar-refractivity contribution >= 4 is 11.6 Å². The van der Waals surface area contributed by atoms with Gasteiger partial charge in [0.15, 0.2) is 11.5 Å². The van der Waals surface area contributed by atoms with Crippen LogP contribution >= 0.6 is 0 Å². The number of benzene rings is 2. The van der Waals surface area contributed by atoms with Crippen LogP contribution in [0.25, 0.3) is 28.3 Å². The van der Waals surface area contributed by atoms with E-state index < -0.39 is 11.8 Å². The van der Waals surface area contributed by atoms with Gasteiger partial charge >= 0.3 is 5.97 Å². The fourth-order valence-electron chi connectivity index (χ4n) is 2.71. The van der Waals surface area contributed by atoms with Gasteiger partial charge in [-0.2, -0.15) is 0 Å². The largest absolute Gasteiger partial charge is 0.478 e. The van der Waals surface area contributed by atoms with Gasteiger partial charge in [0.25, 0.3) is 0 Å². The smallest absolute Gasteiger partial charge is 0.339 e. The molecule has 6 heteroatoms. The van der Waals surface area contributed by atoms with E-state index in [4.69, 9.17) is 0 Å². The summed E-state index contributed by atoms with van der Waals surface area (Å²) in [5, 5.41) is 13.8. The average Bonchev–Trinajstić information content (AvgIpc) is 3.06. The van der Waals surface area contributed by atoms with Gasteiger partial charge in [-0.05, 0) is 24.3 Å². The summed E-state index contributed by atoms with van der Waals surface area (Å²) in [5.41, 5.74) is 1.94. The third-order valence-corrected chi connectivity index (χ3v) is 3.90. The molecule has 2 aromatic heterocycles. The number of halogens is 1. The number of aromatic carboxylic acids is 1. The molecular formula is C19H12FN3O2. The van der Waals surface area contributed by atoms with Gasteiger partial charge in [-0.15, -0.1) is 5.10 Å². The van der Waals surface area contributed by atoms with E-state index in [2.05, 4.69) is 10.1 Å². The lowest BCUT2D eigenvalue weighted by atomic mass is 10.1. The molecule has 0 bridgehead atoms. The van der Waals surface area contributed by atoms with E-state index in [0.29, 0.717) is 5.69 Å². The first-order chi connectivity index (χ1) is 12.1. The Labute approximate surface area is 142 Å². The third kappa shape index (κ3) is 2.53. The van der Waals surface area contributed by atoms with Crippen molar-refractivity contribution in [2.45, 2.75) is 0 Å². The Balaban J connectivity index is 2.02. The molecule has 0 saturated carbocycles. The maximum absolute atomic E-state index is 14.1. The van der Waals surface area contributed by atoms with E-state index in [1.807, 2.05) is 30.3 Å². The molecule has 4 aromatic rings. The summed E-state index contributed by atoms with van der Waals surface area (Å²) in [7, 11) is 0. The Bertz CT molecular complexity index is 1090. The molecule has 0 amide bonds. The highest BCUT2D eigenvalue weighted by Crippen LogP contribution is 2.26. The van der Waals surface area contributed by atoms with Crippen LogP contribution in [0.15, 0.2) is 66.7 Å².